The summed E-state index contributed by atoms with van der Waals surface area (Å²) in [5.41, 5.74) is 1.73. The molecule has 2 aromatic rings. The maximum Gasteiger partial charge on any atom is 0.433 e. The summed E-state index contributed by atoms with van der Waals surface area (Å²) in [7, 11) is 0. The van der Waals surface area contributed by atoms with E-state index in [9.17, 15) is 19.7 Å². The molecule has 0 atom stereocenters. The van der Waals surface area contributed by atoms with Crippen LogP contribution in [0.4, 0.5) is 17.3 Å². The Bertz CT molecular complexity index is 881. The Morgan fingerprint density at radius 3 is 2.54 bits per heavy atom. The summed E-state index contributed by atoms with van der Waals surface area (Å²) in [5.74, 6) is -1.53. The first-order valence-electron chi connectivity index (χ1n) is 8.75. The maximum atomic E-state index is 11.9. The van der Waals surface area contributed by atoms with E-state index in [1.807, 2.05) is 12.1 Å². The number of nitro groups is 1. The van der Waals surface area contributed by atoms with E-state index >= 15 is 0 Å². The highest BCUT2D eigenvalue weighted by atomic mass is 16.6. The van der Waals surface area contributed by atoms with Crippen LogP contribution >= 0.6 is 0 Å². The van der Waals surface area contributed by atoms with Gasteiger partial charge in [0.25, 0.3) is 5.91 Å². The molecule has 1 aliphatic heterocycles. The molecule has 3 rings (SSSR count). The van der Waals surface area contributed by atoms with Gasteiger partial charge in [-0.2, -0.15) is 0 Å². The predicted molar refractivity (Wildman–Crippen MR) is 102 cm³/mol. The zero-order chi connectivity index (χ0) is 19.9. The first kappa shape index (κ1) is 19.2. The number of hydrogen-bond donors (Lipinski definition) is 1. The van der Waals surface area contributed by atoms with E-state index in [0.717, 1.165) is 24.9 Å². The number of amides is 1. The Labute approximate surface area is 160 Å². The third-order valence-electron chi connectivity index (χ3n) is 4.14. The molecular formula is C19H19N3O6. The second-order valence-corrected chi connectivity index (χ2v) is 6.16. The van der Waals surface area contributed by atoms with Gasteiger partial charge in [-0.15, -0.1) is 0 Å². The van der Waals surface area contributed by atoms with Crippen LogP contribution in [0.2, 0.25) is 0 Å². The van der Waals surface area contributed by atoms with E-state index in [-0.39, 0.29) is 5.76 Å². The molecule has 9 nitrogen and oxygen atoms in total. The smallest absolute Gasteiger partial charge is 0.433 e. The second-order valence-electron chi connectivity index (χ2n) is 6.16. The minimum atomic E-state index is -0.765. The monoisotopic (exact) mass is 385 g/mol. The van der Waals surface area contributed by atoms with Crippen LogP contribution in [0, 0.1) is 10.1 Å². The van der Waals surface area contributed by atoms with Gasteiger partial charge in [-0.3, -0.25) is 14.9 Å². The van der Waals surface area contributed by atoms with Crippen LogP contribution in [0.3, 0.4) is 0 Å². The number of rotatable bonds is 7. The number of nitrogens with zero attached hydrogens (tertiary/aromatic N) is 2. The summed E-state index contributed by atoms with van der Waals surface area (Å²) in [6.45, 7) is 1.64. The Hall–Kier alpha value is -3.62. The van der Waals surface area contributed by atoms with Crippen molar-refractivity contribution >= 4 is 35.2 Å². The molecule has 0 radical (unpaired) electrons. The maximum absolute atomic E-state index is 11.9. The van der Waals surface area contributed by atoms with Gasteiger partial charge >= 0.3 is 11.9 Å². The number of esters is 1. The van der Waals surface area contributed by atoms with Gasteiger partial charge in [-0.1, -0.05) is 0 Å². The lowest BCUT2D eigenvalue weighted by atomic mass is 10.2. The van der Waals surface area contributed by atoms with Crippen LogP contribution in [-0.2, 0) is 14.3 Å². The molecule has 9 heteroatoms. The SMILES string of the molecule is O=C(COC(=O)/C=C/c1ccc([N+](=O)[O-])o1)Nc1ccc(N2CCCC2)cc1. The van der Waals surface area contributed by atoms with Gasteiger partial charge in [0, 0.05) is 30.5 Å². The van der Waals surface area contributed by atoms with Gasteiger partial charge < -0.3 is 19.4 Å². The van der Waals surface area contributed by atoms with E-state index in [2.05, 4.69) is 10.2 Å². The third-order valence-corrected chi connectivity index (χ3v) is 4.14. The number of nitrogens with one attached hydrogen (secondary N) is 1. The van der Waals surface area contributed by atoms with Crippen molar-refractivity contribution in [3.8, 4) is 0 Å². The lowest BCUT2D eigenvalue weighted by molar-refractivity contribution is -0.402. The van der Waals surface area contributed by atoms with Crippen LogP contribution < -0.4 is 10.2 Å². The highest BCUT2D eigenvalue weighted by Gasteiger charge is 2.13. The summed E-state index contributed by atoms with van der Waals surface area (Å²) in [6, 6.07) is 10.0. The fourth-order valence-corrected chi connectivity index (χ4v) is 2.79. The van der Waals surface area contributed by atoms with E-state index < -0.39 is 29.3 Å². The standard InChI is InChI=1S/C19H19N3O6/c23-17(20-14-3-5-15(6-4-14)21-11-1-2-12-21)13-27-19(24)10-8-16-7-9-18(28-16)22(25)26/h3-10H,1-2,11-13H2,(H,20,23)/b10-8+. The Balaban J connectivity index is 1.43. The average molecular weight is 385 g/mol. The fraction of sp³-hybridized carbons (Fsp3) is 0.263. The largest absolute Gasteiger partial charge is 0.452 e. The van der Waals surface area contributed by atoms with E-state index in [1.165, 1.54) is 31.1 Å². The number of anilines is 2. The third kappa shape index (κ3) is 5.19. The van der Waals surface area contributed by atoms with Crippen molar-refractivity contribution < 1.29 is 23.7 Å². The normalized spacial score (nSPS) is 13.6. The van der Waals surface area contributed by atoms with Gasteiger partial charge in [0.2, 0.25) is 0 Å². The van der Waals surface area contributed by atoms with Crippen LogP contribution in [0.15, 0.2) is 46.9 Å². The van der Waals surface area contributed by atoms with Crippen molar-refractivity contribution in [2.24, 2.45) is 0 Å². The molecule has 0 aliphatic carbocycles. The number of furan rings is 1. The van der Waals surface area contributed by atoms with Crippen molar-refractivity contribution in [1.29, 1.82) is 0 Å². The minimum Gasteiger partial charge on any atom is -0.452 e. The summed E-state index contributed by atoms with van der Waals surface area (Å²) in [5, 5.41) is 13.2. The molecule has 28 heavy (non-hydrogen) atoms. The minimum absolute atomic E-state index is 0.131. The zero-order valence-corrected chi connectivity index (χ0v) is 15.0. The van der Waals surface area contributed by atoms with Crippen LogP contribution in [0.25, 0.3) is 6.08 Å². The summed E-state index contributed by atoms with van der Waals surface area (Å²) in [6.07, 6.45) is 4.63. The quantitative estimate of drug-likeness (QED) is 0.337. The molecule has 0 unspecified atom stereocenters. The number of carbonyl (C=O) groups excluding carboxylic acids is 2. The molecule has 1 aromatic carbocycles. The van der Waals surface area contributed by atoms with Crippen molar-refractivity contribution in [3.63, 3.8) is 0 Å². The van der Waals surface area contributed by atoms with Crippen molar-refractivity contribution in [2.75, 3.05) is 29.9 Å². The highest BCUT2D eigenvalue weighted by Crippen LogP contribution is 2.22. The predicted octanol–water partition coefficient (Wildman–Crippen LogP) is 2.98. The molecule has 1 aromatic heterocycles. The van der Waals surface area contributed by atoms with Gasteiger partial charge in [-0.25, -0.2) is 4.79 Å². The second kappa shape index (κ2) is 8.85. The molecule has 1 N–H and O–H groups in total. The van der Waals surface area contributed by atoms with E-state index in [1.54, 1.807) is 12.1 Å². The molecule has 1 fully saturated rings. The van der Waals surface area contributed by atoms with Gasteiger partial charge in [0.15, 0.2) is 6.61 Å². The van der Waals surface area contributed by atoms with E-state index in [4.69, 9.17) is 9.15 Å². The molecule has 0 saturated carbocycles. The Morgan fingerprint density at radius 2 is 1.89 bits per heavy atom. The van der Waals surface area contributed by atoms with Crippen molar-refractivity contribution in [1.82, 2.24) is 0 Å². The number of ether oxygens (including phenoxy) is 1. The summed E-state index contributed by atoms with van der Waals surface area (Å²) >= 11 is 0. The van der Waals surface area contributed by atoms with Crippen molar-refractivity contribution in [2.45, 2.75) is 12.8 Å². The van der Waals surface area contributed by atoms with Crippen LogP contribution in [0.5, 0.6) is 0 Å². The highest BCUT2D eigenvalue weighted by molar-refractivity contribution is 5.94. The Kier molecular flexibility index (Phi) is 6.05. The number of benzene rings is 1. The molecule has 0 bridgehead atoms. The number of hydrogen-bond acceptors (Lipinski definition) is 7. The van der Waals surface area contributed by atoms with Gasteiger partial charge in [0.05, 0.1) is 6.07 Å². The van der Waals surface area contributed by atoms with Crippen molar-refractivity contribution in [3.05, 3.63) is 58.3 Å². The first-order valence-corrected chi connectivity index (χ1v) is 8.75. The molecule has 146 valence electrons. The zero-order valence-electron chi connectivity index (χ0n) is 15.0. The lowest BCUT2D eigenvalue weighted by Crippen LogP contribution is -2.20. The lowest BCUT2D eigenvalue weighted by Gasteiger charge is -2.17. The fourth-order valence-electron chi connectivity index (χ4n) is 2.79. The van der Waals surface area contributed by atoms with E-state index in [0.29, 0.717) is 5.69 Å². The first-order chi connectivity index (χ1) is 13.5. The molecule has 1 saturated heterocycles. The molecule has 2 heterocycles. The topological polar surface area (TPSA) is 115 Å². The molecule has 1 aliphatic rings. The van der Waals surface area contributed by atoms with Crippen LogP contribution in [0.1, 0.15) is 18.6 Å². The van der Waals surface area contributed by atoms with Gasteiger partial charge in [-0.05, 0) is 49.2 Å². The average Bonchev–Trinajstić information content (AvgIpc) is 3.37. The van der Waals surface area contributed by atoms with Crippen LogP contribution in [-0.4, -0.2) is 36.5 Å². The van der Waals surface area contributed by atoms with Gasteiger partial charge in [0.1, 0.15) is 10.7 Å². The Morgan fingerprint density at radius 1 is 1.18 bits per heavy atom. The molecular weight excluding hydrogens is 366 g/mol. The molecule has 0 spiro atoms. The summed E-state index contributed by atoms with van der Waals surface area (Å²) in [4.78, 5) is 35.6. The number of carbonyl (C=O) groups is 2. The summed E-state index contributed by atoms with van der Waals surface area (Å²) < 4.78 is 9.71. The molecule has 1 amide bonds.